The second kappa shape index (κ2) is 11.9. The Balaban J connectivity index is 1.52. The van der Waals surface area contributed by atoms with E-state index in [0.717, 1.165) is 11.3 Å². The predicted molar refractivity (Wildman–Crippen MR) is 118 cm³/mol. The van der Waals surface area contributed by atoms with Crippen LogP contribution in [0.3, 0.4) is 0 Å². The Morgan fingerprint density at radius 3 is 2.52 bits per heavy atom. The molecule has 0 saturated carbocycles. The number of halogens is 1. The van der Waals surface area contributed by atoms with E-state index in [-0.39, 0.29) is 48.6 Å². The fourth-order valence-electron chi connectivity index (χ4n) is 3.62. The molecule has 0 bridgehead atoms. The quantitative estimate of drug-likeness (QED) is 0.263. The van der Waals surface area contributed by atoms with Crippen molar-refractivity contribution in [1.29, 1.82) is 0 Å². The van der Waals surface area contributed by atoms with Crippen LogP contribution in [0, 0.1) is 0 Å². The minimum absolute atomic E-state index is 0.0347. The molecule has 0 spiro atoms. The van der Waals surface area contributed by atoms with Gasteiger partial charge in [0, 0.05) is 32.1 Å². The Kier molecular flexibility index (Phi) is 8.93. The summed E-state index contributed by atoms with van der Waals surface area (Å²) in [4.78, 5) is 62.6. The number of rotatable bonds is 12. The molecule has 2 N–H and O–H groups in total. The van der Waals surface area contributed by atoms with E-state index in [1.165, 1.54) is 12.1 Å². The highest BCUT2D eigenvalue weighted by Gasteiger charge is 2.45. The first-order valence-corrected chi connectivity index (χ1v) is 11.3. The molecule has 2 heterocycles. The molecule has 11 heteroatoms. The number of benzene rings is 1. The summed E-state index contributed by atoms with van der Waals surface area (Å²) < 4.78 is 10.8. The van der Waals surface area contributed by atoms with E-state index >= 15 is 0 Å². The Morgan fingerprint density at radius 1 is 1.06 bits per heavy atom. The van der Waals surface area contributed by atoms with Crippen LogP contribution in [0.25, 0.3) is 0 Å². The summed E-state index contributed by atoms with van der Waals surface area (Å²) in [5.74, 6) is -2.25. The summed E-state index contributed by atoms with van der Waals surface area (Å²) in [6.07, 6.45) is 1.66. The first kappa shape index (κ1) is 24.8. The number of hydrogen-bond acceptors (Lipinski definition) is 7. The zero-order valence-corrected chi connectivity index (χ0v) is 18.8. The number of anilines is 1. The van der Waals surface area contributed by atoms with Crippen LogP contribution in [0.15, 0.2) is 18.2 Å². The van der Waals surface area contributed by atoms with Crippen molar-refractivity contribution in [1.82, 2.24) is 10.2 Å². The summed E-state index contributed by atoms with van der Waals surface area (Å²) in [6.45, 7) is 1.80. The lowest BCUT2D eigenvalue weighted by Crippen LogP contribution is -2.54. The van der Waals surface area contributed by atoms with Crippen LogP contribution in [-0.4, -0.2) is 72.8 Å². The lowest BCUT2D eigenvalue weighted by molar-refractivity contribution is -0.136. The number of carbonyl (C=O) groups excluding carboxylic acids is 5. The van der Waals surface area contributed by atoms with Gasteiger partial charge in [-0.2, -0.15) is 0 Å². The van der Waals surface area contributed by atoms with Gasteiger partial charge in [-0.15, -0.1) is 11.6 Å². The van der Waals surface area contributed by atoms with Crippen molar-refractivity contribution in [3.8, 4) is 0 Å². The number of alkyl halides is 1. The zero-order valence-electron chi connectivity index (χ0n) is 18.1. The maximum atomic E-state index is 13.0. The van der Waals surface area contributed by atoms with E-state index in [2.05, 4.69) is 10.6 Å². The molecule has 0 aromatic heterocycles. The predicted octanol–water partition coefficient (Wildman–Crippen LogP) is 1.47. The number of hydrogen-bond donors (Lipinski definition) is 2. The van der Waals surface area contributed by atoms with Crippen molar-refractivity contribution in [2.24, 2.45) is 0 Å². The van der Waals surface area contributed by atoms with E-state index in [9.17, 15) is 24.0 Å². The van der Waals surface area contributed by atoms with Gasteiger partial charge in [0.2, 0.25) is 17.7 Å². The number of piperidine rings is 1. The molecule has 2 aliphatic heterocycles. The maximum absolute atomic E-state index is 13.0. The van der Waals surface area contributed by atoms with Crippen molar-refractivity contribution < 1.29 is 33.4 Å². The molecule has 33 heavy (non-hydrogen) atoms. The average Bonchev–Trinajstić information content (AvgIpc) is 3.04. The molecule has 3 rings (SSSR count). The van der Waals surface area contributed by atoms with Gasteiger partial charge in [0.1, 0.15) is 6.04 Å². The van der Waals surface area contributed by atoms with Gasteiger partial charge in [-0.3, -0.25) is 34.2 Å². The molecule has 0 radical (unpaired) electrons. The van der Waals surface area contributed by atoms with Gasteiger partial charge in [0.05, 0.1) is 29.8 Å². The fourth-order valence-corrected chi connectivity index (χ4v) is 3.73. The van der Waals surface area contributed by atoms with Crippen molar-refractivity contribution in [3.63, 3.8) is 0 Å². The fraction of sp³-hybridized carbons (Fsp3) is 0.500. The summed E-state index contributed by atoms with van der Waals surface area (Å²) in [5, 5.41) is 4.80. The number of imide groups is 2. The number of carbonyl (C=O) groups is 5. The van der Waals surface area contributed by atoms with Crippen LogP contribution in [-0.2, 0) is 23.9 Å². The molecular weight excluding hydrogens is 454 g/mol. The smallest absolute Gasteiger partial charge is 0.264 e. The maximum Gasteiger partial charge on any atom is 0.264 e. The van der Waals surface area contributed by atoms with Crippen LogP contribution in [0.1, 0.15) is 52.8 Å². The third-order valence-electron chi connectivity index (χ3n) is 5.22. The Morgan fingerprint density at radius 2 is 1.79 bits per heavy atom. The highest BCUT2D eigenvalue weighted by molar-refractivity contribution is 6.26. The summed E-state index contributed by atoms with van der Waals surface area (Å²) in [6, 6.07) is 3.48. The third kappa shape index (κ3) is 6.16. The molecular formula is C22H26ClN3O7. The number of fused-ring (bicyclic) bond motifs is 1. The van der Waals surface area contributed by atoms with E-state index in [1.54, 1.807) is 6.07 Å². The molecule has 2 aliphatic rings. The molecule has 1 aromatic carbocycles. The molecule has 178 valence electrons. The second-order valence-electron chi connectivity index (χ2n) is 7.59. The Labute approximate surface area is 195 Å². The minimum atomic E-state index is -1.06. The number of amides is 5. The van der Waals surface area contributed by atoms with Gasteiger partial charge in [0.15, 0.2) is 0 Å². The van der Waals surface area contributed by atoms with Gasteiger partial charge in [-0.05, 0) is 31.4 Å². The van der Waals surface area contributed by atoms with Crippen molar-refractivity contribution in [2.75, 3.05) is 37.6 Å². The molecule has 1 atom stereocenters. The summed E-state index contributed by atoms with van der Waals surface area (Å²) in [5.41, 5.74) is 0.335. The van der Waals surface area contributed by atoms with Gasteiger partial charge >= 0.3 is 0 Å². The molecule has 1 unspecified atom stereocenters. The zero-order chi connectivity index (χ0) is 23.8. The van der Waals surface area contributed by atoms with Gasteiger partial charge < -0.3 is 14.8 Å². The summed E-state index contributed by atoms with van der Waals surface area (Å²) in [7, 11) is 0. The summed E-state index contributed by atoms with van der Waals surface area (Å²) >= 11 is 5.56. The molecule has 0 aliphatic carbocycles. The first-order chi connectivity index (χ1) is 15.9. The van der Waals surface area contributed by atoms with Crippen LogP contribution >= 0.6 is 11.6 Å². The number of nitrogens with one attached hydrogen (secondary N) is 2. The standard InChI is InChI=1S/C22H26ClN3O7/c23-9-2-10-32-11-3-12-33-13-8-18(28)24-15-5-1-4-14-19(15)22(31)26(21(14)30)16-6-7-17(27)25-20(16)29/h1,4-5,16H,2-3,6-13H2,(H,24,28)(H,25,27,29). The molecule has 5 amide bonds. The van der Waals surface area contributed by atoms with E-state index in [4.69, 9.17) is 21.1 Å². The second-order valence-corrected chi connectivity index (χ2v) is 7.97. The lowest BCUT2D eigenvalue weighted by Gasteiger charge is -2.27. The first-order valence-electron chi connectivity index (χ1n) is 10.8. The molecule has 10 nitrogen and oxygen atoms in total. The number of ether oxygens (including phenoxy) is 2. The van der Waals surface area contributed by atoms with E-state index < -0.39 is 29.7 Å². The van der Waals surface area contributed by atoms with Crippen molar-refractivity contribution in [2.45, 2.75) is 38.1 Å². The van der Waals surface area contributed by atoms with Crippen LogP contribution in [0.2, 0.25) is 0 Å². The SMILES string of the molecule is O=C1CCC(N2C(=O)c3cccc(NC(=O)CCOCCCOCCCCl)c3C2=O)C(=O)N1. The molecule has 1 saturated heterocycles. The topological polar surface area (TPSA) is 131 Å². The monoisotopic (exact) mass is 479 g/mol. The van der Waals surface area contributed by atoms with Crippen molar-refractivity contribution in [3.05, 3.63) is 29.3 Å². The van der Waals surface area contributed by atoms with Crippen LogP contribution < -0.4 is 10.6 Å². The van der Waals surface area contributed by atoms with Crippen LogP contribution in [0.4, 0.5) is 5.69 Å². The Hall–Kier alpha value is -2.82. The van der Waals surface area contributed by atoms with Gasteiger partial charge in [-0.25, -0.2) is 0 Å². The normalized spacial score (nSPS) is 17.8. The largest absolute Gasteiger partial charge is 0.381 e. The van der Waals surface area contributed by atoms with E-state index in [1.807, 2.05) is 0 Å². The molecule has 1 fully saturated rings. The lowest BCUT2D eigenvalue weighted by atomic mass is 10.0. The van der Waals surface area contributed by atoms with Crippen LogP contribution in [0.5, 0.6) is 0 Å². The van der Waals surface area contributed by atoms with E-state index in [0.29, 0.717) is 32.1 Å². The molecule has 1 aromatic rings. The third-order valence-corrected chi connectivity index (χ3v) is 5.48. The highest BCUT2D eigenvalue weighted by atomic mass is 35.5. The van der Waals surface area contributed by atoms with Crippen molar-refractivity contribution >= 4 is 46.8 Å². The van der Waals surface area contributed by atoms with Gasteiger partial charge in [0.25, 0.3) is 11.8 Å². The minimum Gasteiger partial charge on any atom is -0.381 e. The Bertz CT molecular complexity index is 937. The number of nitrogens with zero attached hydrogens (tertiary/aromatic N) is 1. The average molecular weight is 480 g/mol. The highest BCUT2D eigenvalue weighted by Crippen LogP contribution is 2.32. The van der Waals surface area contributed by atoms with Gasteiger partial charge in [-0.1, -0.05) is 6.07 Å².